The number of aromatic hydroxyl groups is 1. The SMILES string of the molecule is C=C/C=C(\C)CN1CCC(c2ccc(O)cc2)CC1. The lowest BCUT2D eigenvalue weighted by Crippen LogP contribution is -2.34. The molecule has 2 rings (SSSR count). The highest BCUT2D eigenvalue weighted by Gasteiger charge is 2.20. The summed E-state index contributed by atoms with van der Waals surface area (Å²) in [6, 6.07) is 7.69. The van der Waals surface area contributed by atoms with Crippen LogP contribution in [0.3, 0.4) is 0 Å². The molecular weight excluding hydrogens is 234 g/mol. The van der Waals surface area contributed by atoms with E-state index in [9.17, 15) is 5.11 Å². The largest absolute Gasteiger partial charge is 0.508 e. The second-order valence-corrected chi connectivity index (χ2v) is 5.39. The molecule has 0 aromatic heterocycles. The maximum Gasteiger partial charge on any atom is 0.115 e. The summed E-state index contributed by atoms with van der Waals surface area (Å²) < 4.78 is 0. The molecule has 0 spiro atoms. The van der Waals surface area contributed by atoms with Crippen molar-refractivity contribution in [2.24, 2.45) is 0 Å². The van der Waals surface area contributed by atoms with Crippen LogP contribution in [0.2, 0.25) is 0 Å². The monoisotopic (exact) mass is 257 g/mol. The van der Waals surface area contributed by atoms with E-state index in [1.807, 2.05) is 6.08 Å². The first kappa shape index (κ1) is 13.9. The standard InChI is InChI=1S/C17H23NO/c1-3-4-14(2)13-18-11-9-16(10-12-18)15-5-7-17(19)8-6-15/h3-8,16,19H,1,9-13H2,2H3/b14-4+. The van der Waals surface area contributed by atoms with Crippen molar-refractivity contribution in [2.75, 3.05) is 19.6 Å². The van der Waals surface area contributed by atoms with E-state index in [1.54, 1.807) is 12.1 Å². The quantitative estimate of drug-likeness (QED) is 0.831. The van der Waals surface area contributed by atoms with Crippen LogP contribution in [0.5, 0.6) is 5.75 Å². The Morgan fingerprint density at radius 2 is 1.95 bits per heavy atom. The van der Waals surface area contributed by atoms with Crippen molar-refractivity contribution in [3.8, 4) is 5.75 Å². The highest BCUT2D eigenvalue weighted by Crippen LogP contribution is 2.29. The van der Waals surface area contributed by atoms with Gasteiger partial charge in [-0.15, -0.1) is 0 Å². The molecule has 1 heterocycles. The Balaban J connectivity index is 1.87. The Morgan fingerprint density at radius 1 is 1.32 bits per heavy atom. The first-order valence-corrected chi connectivity index (χ1v) is 6.98. The van der Waals surface area contributed by atoms with E-state index in [2.05, 4.69) is 36.6 Å². The van der Waals surface area contributed by atoms with E-state index in [1.165, 1.54) is 24.0 Å². The van der Waals surface area contributed by atoms with Gasteiger partial charge in [-0.25, -0.2) is 0 Å². The Morgan fingerprint density at radius 3 is 2.53 bits per heavy atom. The fraction of sp³-hybridized carbons (Fsp3) is 0.412. The van der Waals surface area contributed by atoms with E-state index >= 15 is 0 Å². The molecule has 1 aromatic carbocycles. The van der Waals surface area contributed by atoms with Gasteiger partial charge >= 0.3 is 0 Å². The van der Waals surface area contributed by atoms with Crippen molar-refractivity contribution < 1.29 is 5.11 Å². The number of rotatable bonds is 4. The molecule has 1 saturated heterocycles. The molecule has 2 nitrogen and oxygen atoms in total. The lowest BCUT2D eigenvalue weighted by molar-refractivity contribution is 0.228. The minimum Gasteiger partial charge on any atom is -0.508 e. The van der Waals surface area contributed by atoms with Crippen molar-refractivity contribution in [3.63, 3.8) is 0 Å². The summed E-state index contributed by atoms with van der Waals surface area (Å²) in [6.07, 6.45) is 6.35. The van der Waals surface area contributed by atoms with Crippen molar-refractivity contribution >= 4 is 0 Å². The first-order valence-electron chi connectivity index (χ1n) is 6.98. The van der Waals surface area contributed by atoms with Gasteiger partial charge in [-0.3, -0.25) is 4.90 Å². The van der Waals surface area contributed by atoms with Crippen LogP contribution in [0.1, 0.15) is 31.2 Å². The zero-order valence-electron chi connectivity index (χ0n) is 11.7. The molecule has 2 heteroatoms. The Kier molecular flexibility index (Phi) is 4.80. The lowest BCUT2D eigenvalue weighted by atomic mass is 9.89. The van der Waals surface area contributed by atoms with Crippen LogP contribution in [0.4, 0.5) is 0 Å². The minimum absolute atomic E-state index is 0.353. The predicted octanol–water partition coefficient (Wildman–Crippen LogP) is 3.70. The number of likely N-dealkylation sites (tertiary alicyclic amines) is 1. The zero-order valence-corrected chi connectivity index (χ0v) is 11.7. The summed E-state index contributed by atoms with van der Waals surface area (Å²) in [6.45, 7) is 9.24. The van der Waals surface area contributed by atoms with Gasteiger partial charge in [-0.1, -0.05) is 36.4 Å². The topological polar surface area (TPSA) is 23.5 Å². The van der Waals surface area contributed by atoms with Crippen molar-refractivity contribution in [2.45, 2.75) is 25.7 Å². The molecule has 102 valence electrons. The third kappa shape index (κ3) is 3.97. The smallest absolute Gasteiger partial charge is 0.115 e. The van der Waals surface area contributed by atoms with Gasteiger partial charge in [0.1, 0.15) is 5.75 Å². The average Bonchev–Trinajstić information content (AvgIpc) is 2.41. The van der Waals surface area contributed by atoms with Crippen LogP contribution in [0.25, 0.3) is 0 Å². The number of phenolic OH excluding ortho intramolecular Hbond substituents is 1. The molecule has 0 bridgehead atoms. The summed E-state index contributed by atoms with van der Waals surface area (Å²) >= 11 is 0. The van der Waals surface area contributed by atoms with Crippen LogP contribution in [0, 0.1) is 0 Å². The van der Waals surface area contributed by atoms with Gasteiger partial charge in [-0.05, 0) is 56.5 Å². The molecule has 1 N–H and O–H groups in total. The number of benzene rings is 1. The third-order valence-electron chi connectivity index (χ3n) is 3.83. The van der Waals surface area contributed by atoms with Gasteiger partial charge in [0.15, 0.2) is 0 Å². The van der Waals surface area contributed by atoms with E-state index in [0.717, 1.165) is 19.6 Å². The van der Waals surface area contributed by atoms with E-state index in [0.29, 0.717) is 11.7 Å². The van der Waals surface area contributed by atoms with Gasteiger partial charge in [0.05, 0.1) is 0 Å². The maximum absolute atomic E-state index is 9.32. The second-order valence-electron chi connectivity index (χ2n) is 5.39. The minimum atomic E-state index is 0.353. The highest BCUT2D eigenvalue weighted by atomic mass is 16.3. The molecule has 0 unspecified atom stereocenters. The molecule has 1 fully saturated rings. The van der Waals surface area contributed by atoms with Crippen molar-refractivity contribution in [3.05, 3.63) is 54.1 Å². The van der Waals surface area contributed by atoms with E-state index in [-0.39, 0.29) is 0 Å². The lowest BCUT2D eigenvalue weighted by Gasteiger charge is -2.32. The average molecular weight is 257 g/mol. The van der Waals surface area contributed by atoms with Gasteiger partial charge in [0.2, 0.25) is 0 Å². The van der Waals surface area contributed by atoms with Crippen LogP contribution < -0.4 is 0 Å². The molecule has 1 aliphatic rings. The molecular formula is C17H23NO. The first-order chi connectivity index (χ1) is 9.19. The van der Waals surface area contributed by atoms with Crippen LogP contribution in [-0.2, 0) is 0 Å². The molecule has 0 saturated carbocycles. The molecule has 0 radical (unpaired) electrons. The van der Waals surface area contributed by atoms with Gasteiger partial charge in [0, 0.05) is 6.54 Å². The molecule has 1 aromatic rings. The Hall–Kier alpha value is -1.54. The third-order valence-corrected chi connectivity index (χ3v) is 3.83. The molecule has 0 atom stereocenters. The van der Waals surface area contributed by atoms with Gasteiger partial charge in [-0.2, -0.15) is 0 Å². The van der Waals surface area contributed by atoms with Gasteiger partial charge in [0.25, 0.3) is 0 Å². The van der Waals surface area contributed by atoms with E-state index < -0.39 is 0 Å². The summed E-state index contributed by atoms with van der Waals surface area (Å²) in [5.41, 5.74) is 2.73. The Labute approximate surface area is 116 Å². The highest BCUT2D eigenvalue weighted by molar-refractivity contribution is 5.28. The van der Waals surface area contributed by atoms with Crippen molar-refractivity contribution in [1.82, 2.24) is 4.90 Å². The van der Waals surface area contributed by atoms with Crippen LogP contribution >= 0.6 is 0 Å². The normalized spacial score (nSPS) is 18.5. The van der Waals surface area contributed by atoms with Gasteiger partial charge < -0.3 is 5.11 Å². The summed E-state index contributed by atoms with van der Waals surface area (Å²) in [5.74, 6) is 0.993. The summed E-state index contributed by atoms with van der Waals surface area (Å²) in [4.78, 5) is 2.51. The number of phenols is 1. The van der Waals surface area contributed by atoms with E-state index in [4.69, 9.17) is 0 Å². The second kappa shape index (κ2) is 6.58. The molecule has 1 aliphatic heterocycles. The summed E-state index contributed by atoms with van der Waals surface area (Å²) in [7, 11) is 0. The molecule has 19 heavy (non-hydrogen) atoms. The predicted molar refractivity (Wildman–Crippen MR) is 80.5 cm³/mol. The van der Waals surface area contributed by atoms with Crippen LogP contribution in [-0.4, -0.2) is 29.6 Å². The Bertz CT molecular complexity index is 439. The maximum atomic E-state index is 9.32. The molecule has 0 aliphatic carbocycles. The fourth-order valence-corrected chi connectivity index (χ4v) is 2.78. The number of hydrogen-bond donors (Lipinski definition) is 1. The van der Waals surface area contributed by atoms with Crippen LogP contribution in [0.15, 0.2) is 48.6 Å². The fourth-order valence-electron chi connectivity index (χ4n) is 2.78. The van der Waals surface area contributed by atoms with Crippen molar-refractivity contribution in [1.29, 1.82) is 0 Å². The number of hydrogen-bond acceptors (Lipinski definition) is 2. The summed E-state index contributed by atoms with van der Waals surface area (Å²) in [5, 5.41) is 9.32. The number of nitrogens with zero attached hydrogens (tertiary/aromatic N) is 1. The number of allylic oxidation sites excluding steroid dienone is 2. The number of piperidine rings is 1. The zero-order chi connectivity index (χ0) is 13.7. The molecule has 0 amide bonds.